The molecule has 3 aliphatic rings. The first-order valence-corrected chi connectivity index (χ1v) is 12.5. The Hall–Kier alpha value is -1.98. The minimum absolute atomic E-state index is 0.488. The second-order valence-corrected chi connectivity index (χ2v) is 9.84. The van der Waals surface area contributed by atoms with Crippen molar-refractivity contribution in [2.24, 2.45) is 32.9 Å². The Morgan fingerprint density at radius 3 is 1.98 bits per heavy atom. The summed E-state index contributed by atoms with van der Waals surface area (Å²) in [7, 11) is 2.61. The molecule has 2 saturated heterocycles. The number of nitrogens with zero attached hydrogens (tertiary/aromatic N) is 2. The Labute approximate surface area is 229 Å². The number of likely N-dealkylation sites (N-methyl/N-ethyl adjacent to an activating group) is 1. The molecule has 2 heterocycles. The number of hydrogen-bond donors (Lipinski definition) is 12. The van der Waals surface area contributed by atoms with Crippen molar-refractivity contribution in [3.8, 4) is 0 Å². The van der Waals surface area contributed by atoms with Crippen LogP contribution >= 0.6 is 0 Å². The largest absolute Gasteiger partial charge is 0.394 e. The lowest BCUT2D eigenvalue weighted by Gasteiger charge is -2.46. The van der Waals surface area contributed by atoms with Crippen molar-refractivity contribution in [2.45, 2.75) is 98.4 Å². The normalized spacial score (nSPS) is 47.5. The molecule has 0 radical (unpaired) electrons. The molecular weight excluding hydrogens is 542 g/mol. The van der Waals surface area contributed by atoms with E-state index in [1.807, 2.05) is 0 Å². The standard InChI is InChI=1S/C21H41N7O12/c1-5-21(35,36-3)16(18(37-5)40-17-9(26-2)13(33)10(30)6(4-29)38-17)39-15-8(28-20(24)25)11(31)7(27-19(22)23)12(32)14(15)34/h5-18,26,29-35H,4H2,1-3H3,(H4,22,23,27)(H4,24,25,28)/t5-,6+,7-,8+,9+,10+,11-,12+,13+,14-,15-,16+,17+,18+,21-/m1/s1. The third kappa shape index (κ3) is 6.11. The highest BCUT2D eigenvalue weighted by molar-refractivity contribution is 5.76. The Morgan fingerprint density at radius 2 is 1.45 bits per heavy atom. The van der Waals surface area contributed by atoms with Crippen LogP contribution in [-0.2, 0) is 23.7 Å². The van der Waals surface area contributed by atoms with Crippen LogP contribution in [0.15, 0.2) is 9.98 Å². The van der Waals surface area contributed by atoms with Gasteiger partial charge in [-0.2, -0.15) is 0 Å². The summed E-state index contributed by atoms with van der Waals surface area (Å²) in [5, 5.41) is 77.1. The summed E-state index contributed by atoms with van der Waals surface area (Å²) >= 11 is 0. The molecule has 15 atom stereocenters. The fourth-order valence-electron chi connectivity index (χ4n) is 5.15. The predicted molar refractivity (Wildman–Crippen MR) is 134 cm³/mol. The van der Waals surface area contributed by atoms with Crippen molar-refractivity contribution in [3.63, 3.8) is 0 Å². The third-order valence-corrected chi connectivity index (χ3v) is 7.36. The molecule has 19 heteroatoms. The molecule has 1 aliphatic carbocycles. The molecule has 0 unspecified atom stereocenters. The second-order valence-electron chi connectivity index (χ2n) is 9.84. The van der Waals surface area contributed by atoms with E-state index in [-0.39, 0.29) is 0 Å². The van der Waals surface area contributed by atoms with Crippen LogP contribution in [0.1, 0.15) is 6.92 Å². The quantitative estimate of drug-likeness (QED) is 0.0680. The lowest BCUT2D eigenvalue weighted by molar-refractivity contribution is -0.331. The van der Waals surface area contributed by atoms with Crippen LogP contribution in [0.4, 0.5) is 0 Å². The maximum atomic E-state index is 11.3. The van der Waals surface area contributed by atoms with Gasteiger partial charge in [0.25, 0.3) is 0 Å². The number of guanidine groups is 2. The van der Waals surface area contributed by atoms with E-state index in [1.165, 1.54) is 14.0 Å². The fourth-order valence-corrected chi connectivity index (χ4v) is 5.15. The van der Waals surface area contributed by atoms with E-state index < -0.39 is 110 Å². The Balaban J connectivity index is 1.97. The van der Waals surface area contributed by atoms with Crippen molar-refractivity contribution in [2.75, 3.05) is 20.8 Å². The molecule has 40 heavy (non-hydrogen) atoms. The van der Waals surface area contributed by atoms with Gasteiger partial charge in [0.1, 0.15) is 60.9 Å². The number of aliphatic hydroxyl groups excluding tert-OH is 6. The van der Waals surface area contributed by atoms with Crippen LogP contribution < -0.4 is 28.3 Å². The molecule has 0 aromatic heterocycles. The van der Waals surface area contributed by atoms with E-state index in [4.69, 9.17) is 46.6 Å². The van der Waals surface area contributed by atoms with E-state index in [0.29, 0.717) is 0 Å². The first kappa shape index (κ1) is 32.5. The molecule has 0 spiro atoms. The van der Waals surface area contributed by atoms with Crippen LogP contribution in [0.25, 0.3) is 0 Å². The molecule has 0 bridgehead atoms. The maximum absolute atomic E-state index is 11.3. The van der Waals surface area contributed by atoms with Gasteiger partial charge in [0.15, 0.2) is 30.6 Å². The highest BCUT2D eigenvalue weighted by Gasteiger charge is 2.61. The van der Waals surface area contributed by atoms with Gasteiger partial charge in [-0.15, -0.1) is 0 Å². The fraction of sp³-hybridized carbons (Fsp3) is 0.905. The molecular formula is C21H41N7O12. The number of nitrogens with one attached hydrogen (secondary N) is 1. The molecule has 3 rings (SSSR count). The van der Waals surface area contributed by atoms with Gasteiger partial charge in [0, 0.05) is 7.11 Å². The number of aliphatic hydroxyl groups is 7. The Bertz CT molecular complexity index is 911. The molecule has 1 saturated carbocycles. The number of hydrogen-bond acceptors (Lipinski definition) is 15. The summed E-state index contributed by atoms with van der Waals surface area (Å²) in [5.74, 6) is -3.23. The molecule has 0 amide bonds. The summed E-state index contributed by atoms with van der Waals surface area (Å²) < 4.78 is 28.6. The van der Waals surface area contributed by atoms with E-state index in [1.54, 1.807) is 0 Å². The van der Waals surface area contributed by atoms with Gasteiger partial charge in [0.2, 0.25) is 5.79 Å². The lowest BCUT2D eigenvalue weighted by Crippen LogP contribution is -2.67. The maximum Gasteiger partial charge on any atom is 0.224 e. The average Bonchev–Trinajstić information content (AvgIpc) is 3.13. The minimum Gasteiger partial charge on any atom is -0.394 e. The van der Waals surface area contributed by atoms with Crippen LogP contribution in [0.2, 0.25) is 0 Å². The van der Waals surface area contributed by atoms with Gasteiger partial charge in [-0.3, -0.25) is 0 Å². The highest BCUT2D eigenvalue weighted by Crippen LogP contribution is 2.39. The molecule has 2 aliphatic heterocycles. The number of ether oxygens (including phenoxy) is 5. The van der Waals surface area contributed by atoms with Gasteiger partial charge < -0.3 is 87.7 Å². The van der Waals surface area contributed by atoms with Gasteiger partial charge in [-0.05, 0) is 14.0 Å². The number of methoxy groups -OCH3 is 1. The first-order chi connectivity index (χ1) is 18.7. The smallest absolute Gasteiger partial charge is 0.224 e. The number of rotatable bonds is 9. The third-order valence-electron chi connectivity index (χ3n) is 7.36. The monoisotopic (exact) mass is 583 g/mol. The average molecular weight is 584 g/mol. The summed E-state index contributed by atoms with van der Waals surface area (Å²) in [6, 6.07) is -3.96. The van der Waals surface area contributed by atoms with Gasteiger partial charge in [0.05, 0.1) is 12.6 Å². The number of nitrogens with two attached hydrogens (primary N) is 4. The summed E-state index contributed by atoms with van der Waals surface area (Å²) in [6.07, 6.45) is -16.7. The van der Waals surface area contributed by atoms with Crippen molar-refractivity contribution < 1.29 is 59.4 Å². The van der Waals surface area contributed by atoms with E-state index in [2.05, 4.69) is 15.3 Å². The van der Waals surface area contributed by atoms with Crippen LogP contribution in [-0.4, -0.2) is 160 Å². The molecule has 19 nitrogen and oxygen atoms in total. The Morgan fingerprint density at radius 1 is 0.850 bits per heavy atom. The van der Waals surface area contributed by atoms with E-state index >= 15 is 0 Å². The predicted octanol–water partition coefficient (Wildman–Crippen LogP) is -7.76. The van der Waals surface area contributed by atoms with Gasteiger partial charge >= 0.3 is 0 Å². The lowest BCUT2D eigenvalue weighted by atomic mass is 9.81. The van der Waals surface area contributed by atoms with Crippen molar-refractivity contribution >= 4 is 11.9 Å². The second kappa shape index (κ2) is 12.9. The zero-order valence-corrected chi connectivity index (χ0v) is 22.2. The topological polar surface area (TPSA) is 329 Å². The van der Waals surface area contributed by atoms with Crippen LogP contribution in [0.5, 0.6) is 0 Å². The van der Waals surface area contributed by atoms with Gasteiger partial charge in [-0.25, -0.2) is 9.98 Å². The van der Waals surface area contributed by atoms with E-state index in [0.717, 1.165) is 7.11 Å². The Kier molecular flexibility index (Phi) is 10.5. The first-order valence-electron chi connectivity index (χ1n) is 12.5. The SMILES string of the molecule is CN[C@@H]1[C@H](O[C@@H]2O[C@H](C)[C@@](O)(OC)[C@H]2O[C@H]2[C@H](O)[C@@H](O)[C@H](N=C(N)N)[C@@H](O)[C@@H]2N=C(N)N)O[C@@H](CO)[C@H](O)[C@H]1O. The van der Waals surface area contributed by atoms with Gasteiger partial charge in [-0.1, -0.05) is 0 Å². The summed E-state index contributed by atoms with van der Waals surface area (Å²) in [6.45, 7) is 0.776. The van der Waals surface area contributed by atoms with Crippen molar-refractivity contribution in [1.82, 2.24) is 5.32 Å². The summed E-state index contributed by atoms with van der Waals surface area (Å²) in [5.41, 5.74) is 21.9. The summed E-state index contributed by atoms with van der Waals surface area (Å²) in [4.78, 5) is 7.69. The zero-order chi connectivity index (χ0) is 30.1. The van der Waals surface area contributed by atoms with Crippen molar-refractivity contribution in [1.29, 1.82) is 0 Å². The number of aliphatic imine (C=N–C) groups is 2. The molecule has 0 aromatic rings. The van der Waals surface area contributed by atoms with Crippen molar-refractivity contribution in [3.05, 3.63) is 0 Å². The highest BCUT2D eigenvalue weighted by atomic mass is 16.8. The molecule has 3 fully saturated rings. The van der Waals surface area contributed by atoms with Crippen LogP contribution in [0, 0.1) is 0 Å². The van der Waals surface area contributed by atoms with Crippen LogP contribution in [0.3, 0.4) is 0 Å². The zero-order valence-electron chi connectivity index (χ0n) is 22.2. The molecule has 0 aromatic carbocycles. The molecule has 16 N–H and O–H groups in total. The van der Waals surface area contributed by atoms with E-state index in [9.17, 15) is 35.7 Å². The molecule has 232 valence electrons. The minimum atomic E-state index is -2.24.